The monoisotopic (exact) mass is 463 g/mol. The number of carboxylic acid groups (broad SMARTS) is 1. The summed E-state index contributed by atoms with van der Waals surface area (Å²) in [6.45, 7) is 0. The fraction of sp³-hybridized carbons (Fsp3) is 0.273. The lowest BCUT2D eigenvalue weighted by Crippen LogP contribution is -2.16. The zero-order valence-electron chi connectivity index (χ0n) is 16.6. The van der Waals surface area contributed by atoms with Gasteiger partial charge in [-0.3, -0.25) is 9.59 Å². The quantitative estimate of drug-likeness (QED) is 0.570. The summed E-state index contributed by atoms with van der Waals surface area (Å²) in [7, 11) is -3.89. The molecule has 1 aromatic carbocycles. The van der Waals surface area contributed by atoms with Gasteiger partial charge in [0.15, 0.2) is 15.6 Å². The van der Waals surface area contributed by atoms with E-state index >= 15 is 0 Å². The van der Waals surface area contributed by atoms with E-state index in [0.29, 0.717) is 35.5 Å². The van der Waals surface area contributed by atoms with E-state index in [1.807, 2.05) is 0 Å². The molecule has 0 saturated carbocycles. The van der Waals surface area contributed by atoms with E-state index in [0.717, 1.165) is 18.5 Å². The van der Waals surface area contributed by atoms with Gasteiger partial charge in [0, 0.05) is 28.7 Å². The number of nitrogens with zero attached hydrogens (tertiary/aromatic N) is 1. The molecule has 0 spiro atoms. The Labute approximate surface area is 183 Å². The summed E-state index contributed by atoms with van der Waals surface area (Å²) in [6.07, 6.45) is 3.57. The first-order valence-corrected chi connectivity index (χ1v) is 11.9. The largest absolute Gasteiger partial charge is 0.481 e. The molecule has 6 nitrogen and oxygen atoms in total. The second-order valence-electron chi connectivity index (χ2n) is 7.77. The Bertz CT molecular complexity index is 1330. The first kappa shape index (κ1) is 21.5. The maximum absolute atomic E-state index is 14.4. The van der Waals surface area contributed by atoms with Crippen molar-refractivity contribution < 1.29 is 27.5 Å². The predicted molar refractivity (Wildman–Crippen MR) is 113 cm³/mol. The molecular formula is C22H19ClFNO5S. The normalized spacial score (nSPS) is 16.3. The number of carbonyl (C=O) groups is 2. The second-order valence-corrected chi connectivity index (χ2v) is 10.2. The van der Waals surface area contributed by atoms with Crippen molar-refractivity contribution in [1.82, 2.24) is 4.40 Å². The number of hydrogen-bond donors (Lipinski definition) is 1. The summed E-state index contributed by atoms with van der Waals surface area (Å²) in [5.41, 5.74) is 1.55. The Morgan fingerprint density at radius 1 is 1.26 bits per heavy atom. The van der Waals surface area contributed by atoms with E-state index in [-0.39, 0.29) is 28.0 Å². The molecule has 0 saturated heterocycles. The Morgan fingerprint density at radius 3 is 2.55 bits per heavy atom. The highest BCUT2D eigenvalue weighted by molar-refractivity contribution is 7.91. The van der Waals surface area contributed by atoms with Crippen molar-refractivity contribution in [3.05, 3.63) is 69.8 Å². The van der Waals surface area contributed by atoms with E-state index in [4.69, 9.17) is 11.6 Å². The van der Waals surface area contributed by atoms with Crippen LogP contribution in [0, 0.1) is 5.82 Å². The number of aliphatic carboxylic acids is 1. The number of ketones is 1. The van der Waals surface area contributed by atoms with Gasteiger partial charge >= 0.3 is 5.97 Å². The van der Waals surface area contributed by atoms with Gasteiger partial charge in [0.25, 0.3) is 0 Å². The number of sulfone groups is 1. The molecule has 4 rings (SSSR count). The van der Waals surface area contributed by atoms with Gasteiger partial charge in [0.2, 0.25) is 0 Å². The number of halogens is 2. The molecule has 1 aliphatic rings. The maximum Gasteiger partial charge on any atom is 0.303 e. The van der Waals surface area contributed by atoms with Gasteiger partial charge in [-0.15, -0.1) is 0 Å². The zero-order chi connectivity index (χ0) is 22.5. The fourth-order valence-corrected chi connectivity index (χ4v) is 5.43. The molecule has 9 heteroatoms. The lowest BCUT2D eigenvalue weighted by Gasteiger charge is -2.23. The molecular weight excluding hydrogens is 445 g/mol. The van der Waals surface area contributed by atoms with Crippen molar-refractivity contribution in [2.45, 2.75) is 36.5 Å². The third kappa shape index (κ3) is 3.85. The summed E-state index contributed by atoms with van der Waals surface area (Å²) >= 11 is 5.93. The average molecular weight is 464 g/mol. The van der Waals surface area contributed by atoms with Crippen LogP contribution in [0.3, 0.4) is 0 Å². The summed E-state index contributed by atoms with van der Waals surface area (Å²) in [4.78, 5) is 24.8. The lowest BCUT2D eigenvalue weighted by atomic mass is 9.81. The zero-order valence-corrected chi connectivity index (χ0v) is 18.1. The summed E-state index contributed by atoms with van der Waals surface area (Å²) in [6, 6.07) is 7.05. The summed E-state index contributed by atoms with van der Waals surface area (Å²) < 4.78 is 40.9. The molecule has 1 N–H and O–H groups in total. The van der Waals surface area contributed by atoms with Gasteiger partial charge in [-0.2, -0.15) is 0 Å². The van der Waals surface area contributed by atoms with Crippen LogP contribution < -0.4 is 0 Å². The number of carboxylic acids is 1. The van der Waals surface area contributed by atoms with Crippen molar-refractivity contribution in [3.8, 4) is 0 Å². The molecule has 1 atom stereocenters. The van der Waals surface area contributed by atoms with Crippen LogP contribution in [-0.4, -0.2) is 35.9 Å². The molecule has 0 bridgehead atoms. The highest BCUT2D eigenvalue weighted by Crippen LogP contribution is 2.42. The average Bonchev–Trinajstić information content (AvgIpc) is 3.01. The third-order valence-electron chi connectivity index (χ3n) is 5.63. The second kappa shape index (κ2) is 7.76. The molecule has 0 aliphatic heterocycles. The first-order valence-electron chi connectivity index (χ1n) is 9.66. The molecule has 31 heavy (non-hydrogen) atoms. The molecule has 3 aromatic rings. The van der Waals surface area contributed by atoms with E-state index in [1.54, 1.807) is 12.1 Å². The van der Waals surface area contributed by atoms with Crippen molar-refractivity contribution in [1.29, 1.82) is 0 Å². The topological polar surface area (TPSA) is 92.9 Å². The minimum Gasteiger partial charge on any atom is -0.481 e. The predicted octanol–water partition coefficient (Wildman–Crippen LogP) is 4.26. The number of benzene rings is 1. The molecule has 0 amide bonds. The Kier molecular flexibility index (Phi) is 5.39. The van der Waals surface area contributed by atoms with Gasteiger partial charge in [-0.1, -0.05) is 11.6 Å². The minimum atomic E-state index is -3.89. The van der Waals surface area contributed by atoms with Crippen LogP contribution in [0.5, 0.6) is 0 Å². The van der Waals surface area contributed by atoms with Crippen LogP contribution in [-0.2, 0) is 21.1 Å². The molecule has 0 fully saturated rings. The van der Waals surface area contributed by atoms with Crippen LogP contribution in [0.2, 0.25) is 5.02 Å². The Hall–Kier alpha value is -2.71. The lowest BCUT2D eigenvalue weighted by molar-refractivity contribution is -0.137. The number of rotatable bonds is 5. The molecule has 2 aromatic heterocycles. The summed E-state index contributed by atoms with van der Waals surface area (Å²) in [5.74, 6) is -2.71. The number of fused-ring (bicyclic) bond motifs is 3. The number of pyridine rings is 1. The SMILES string of the molecule is CS(=O)(=O)c1cc(F)cn2c3c(c(C(=O)c4ccc(Cl)cc4)c12)C(CC(=O)O)CCC3. The molecule has 1 aliphatic carbocycles. The van der Waals surface area contributed by atoms with Gasteiger partial charge in [-0.05, 0) is 61.1 Å². The van der Waals surface area contributed by atoms with Crippen molar-refractivity contribution in [2.24, 2.45) is 0 Å². The van der Waals surface area contributed by atoms with E-state index in [1.165, 1.54) is 16.5 Å². The highest BCUT2D eigenvalue weighted by Gasteiger charge is 2.35. The number of aromatic nitrogens is 1. The highest BCUT2D eigenvalue weighted by atomic mass is 35.5. The van der Waals surface area contributed by atoms with Gasteiger partial charge in [-0.25, -0.2) is 12.8 Å². The smallest absolute Gasteiger partial charge is 0.303 e. The third-order valence-corrected chi connectivity index (χ3v) is 6.99. The van der Waals surface area contributed by atoms with Gasteiger partial charge < -0.3 is 9.51 Å². The fourth-order valence-electron chi connectivity index (χ4n) is 4.42. The number of aryl methyl sites for hydroxylation is 1. The molecule has 0 radical (unpaired) electrons. The van der Waals surface area contributed by atoms with E-state index in [2.05, 4.69) is 0 Å². The van der Waals surface area contributed by atoms with E-state index < -0.39 is 33.3 Å². The van der Waals surface area contributed by atoms with E-state index in [9.17, 15) is 27.5 Å². The Balaban J connectivity index is 2.12. The molecule has 162 valence electrons. The van der Waals surface area contributed by atoms with Crippen LogP contribution in [0.1, 0.15) is 52.4 Å². The minimum absolute atomic E-state index is 0.0890. The number of hydrogen-bond acceptors (Lipinski definition) is 4. The maximum atomic E-state index is 14.4. The van der Waals surface area contributed by atoms with Crippen molar-refractivity contribution in [3.63, 3.8) is 0 Å². The standard InChI is InChI=1S/C22H19ClFNO5S/c1-31(29,30)17-10-15(24)11-25-16-4-2-3-13(9-18(26)27)19(16)20(21(17)25)22(28)12-5-7-14(23)8-6-12/h5-8,10-11,13H,2-4,9H2,1H3,(H,26,27). The van der Waals surface area contributed by atoms with Crippen LogP contribution in [0.25, 0.3) is 5.52 Å². The van der Waals surface area contributed by atoms with Crippen molar-refractivity contribution >= 4 is 38.7 Å². The van der Waals surface area contributed by atoms with Crippen molar-refractivity contribution in [2.75, 3.05) is 6.26 Å². The Morgan fingerprint density at radius 2 is 1.94 bits per heavy atom. The molecule has 1 unspecified atom stereocenters. The number of carbonyl (C=O) groups excluding carboxylic acids is 1. The van der Waals surface area contributed by atoms with Crippen LogP contribution >= 0.6 is 11.6 Å². The summed E-state index contributed by atoms with van der Waals surface area (Å²) in [5, 5.41) is 9.84. The van der Waals surface area contributed by atoms with Gasteiger partial charge in [0.05, 0.1) is 22.4 Å². The first-order chi connectivity index (χ1) is 14.6. The molecule has 2 heterocycles. The van der Waals surface area contributed by atoms with Crippen LogP contribution in [0.4, 0.5) is 4.39 Å². The van der Waals surface area contributed by atoms with Crippen LogP contribution in [0.15, 0.2) is 41.4 Å². The van der Waals surface area contributed by atoms with Gasteiger partial charge in [0.1, 0.15) is 5.82 Å².